The normalized spacial score (nSPS) is 20.5. The van der Waals surface area contributed by atoms with Gasteiger partial charge in [0.2, 0.25) is 0 Å². The molecule has 7 heteroatoms. The summed E-state index contributed by atoms with van der Waals surface area (Å²) in [6.07, 6.45) is 4.77. The van der Waals surface area contributed by atoms with E-state index in [0.717, 1.165) is 64.8 Å². The molecule has 2 fully saturated rings. The Morgan fingerprint density at radius 2 is 1.94 bits per heavy atom. The Balaban J connectivity index is 0.00000341. The van der Waals surface area contributed by atoms with Crippen molar-refractivity contribution in [3.63, 3.8) is 0 Å². The van der Waals surface area contributed by atoms with Crippen molar-refractivity contribution < 1.29 is 9.47 Å². The number of ether oxygens (including phenoxy) is 2. The molecule has 1 aromatic rings. The lowest BCUT2D eigenvalue weighted by atomic mass is 9.96. The lowest BCUT2D eigenvalue weighted by Gasteiger charge is -2.31. The number of likely N-dealkylation sites (tertiary alicyclic amines) is 1. The third-order valence-corrected chi connectivity index (χ3v) is 5.94. The Bertz CT molecular complexity index is 627. The van der Waals surface area contributed by atoms with Crippen molar-refractivity contribution >= 4 is 29.9 Å². The van der Waals surface area contributed by atoms with E-state index in [0.29, 0.717) is 12.0 Å². The van der Waals surface area contributed by atoms with Crippen LogP contribution in [0.5, 0.6) is 0 Å². The molecular weight excluding hydrogens is 503 g/mol. The third-order valence-electron chi connectivity index (χ3n) is 5.94. The first-order valence-corrected chi connectivity index (χ1v) is 11.7. The van der Waals surface area contributed by atoms with Gasteiger partial charge in [0.1, 0.15) is 0 Å². The summed E-state index contributed by atoms with van der Waals surface area (Å²) in [6.45, 7) is 12.7. The number of hydrogen-bond acceptors (Lipinski definition) is 4. The second-order valence-corrected chi connectivity index (χ2v) is 8.56. The van der Waals surface area contributed by atoms with Gasteiger partial charge in [0.15, 0.2) is 5.96 Å². The van der Waals surface area contributed by atoms with Gasteiger partial charge in [0, 0.05) is 39.4 Å². The predicted octanol–water partition coefficient (Wildman–Crippen LogP) is 3.58. The molecule has 3 rings (SSSR count). The lowest BCUT2D eigenvalue weighted by Crippen LogP contribution is -2.39. The molecule has 176 valence electrons. The monoisotopic (exact) mass is 544 g/mol. The van der Waals surface area contributed by atoms with Crippen LogP contribution in [0.25, 0.3) is 0 Å². The van der Waals surface area contributed by atoms with Crippen LogP contribution in [0, 0.1) is 12.8 Å². The van der Waals surface area contributed by atoms with E-state index in [1.165, 1.54) is 37.1 Å². The first-order valence-electron chi connectivity index (χ1n) is 11.7. The first kappa shape index (κ1) is 26.4. The zero-order valence-corrected chi connectivity index (χ0v) is 21.6. The molecule has 1 aromatic carbocycles. The summed E-state index contributed by atoms with van der Waals surface area (Å²) in [5.74, 6) is 1.62. The molecule has 0 aromatic heterocycles. The molecule has 6 nitrogen and oxygen atoms in total. The van der Waals surface area contributed by atoms with Gasteiger partial charge in [-0.25, -0.2) is 0 Å². The number of rotatable bonds is 10. The summed E-state index contributed by atoms with van der Waals surface area (Å²) in [7, 11) is 0. The highest BCUT2D eigenvalue weighted by Crippen LogP contribution is 2.19. The second-order valence-electron chi connectivity index (χ2n) is 8.56. The fourth-order valence-corrected chi connectivity index (χ4v) is 4.01. The molecule has 2 aliphatic rings. The molecule has 0 radical (unpaired) electrons. The summed E-state index contributed by atoms with van der Waals surface area (Å²) >= 11 is 0. The van der Waals surface area contributed by atoms with Crippen molar-refractivity contribution in [1.29, 1.82) is 0 Å². The van der Waals surface area contributed by atoms with Crippen LogP contribution in [0.4, 0.5) is 0 Å². The van der Waals surface area contributed by atoms with E-state index in [1.807, 2.05) is 0 Å². The third kappa shape index (κ3) is 10.1. The minimum atomic E-state index is 0. The summed E-state index contributed by atoms with van der Waals surface area (Å²) in [4.78, 5) is 7.42. The van der Waals surface area contributed by atoms with E-state index in [-0.39, 0.29) is 24.0 Å². The van der Waals surface area contributed by atoms with Gasteiger partial charge >= 0.3 is 0 Å². The fourth-order valence-electron chi connectivity index (χ4n) is 4.01. The van der Waals surface area contributed by atoms with Gasteiger partial charge < -0.3 is 20.1 Å². The molecule has 2 aliphatic heterocycles. The van der Waals surface area contributed by atoms with E-state index in [2.05, 4.69) is 53.6 Å². The molecule has 0 bridgehead atoms. The number of piperidine rings is 1. The molecule has 2 saturated heterocycles. The van der Waals surface area contributed by atoms with E-state index in [1.54, 1.807) is 0 Å². The van der Waals surface area contributed by atoms with Gasteiger partial charge in [-0.15, -0.1) is 24.0 Å². The van der Waals surface area contributed by atoms with Gasteiger partial charge in [-0.3, -0.25) is 9.89 Å². The molecule has 31 heavy (non-hydrogen) atoms. The minimum absolute atomic E-state index is 0. The second kappa shape index (κ2) is 15.0. The van der Waals surface area contributed by atoms with Crippen LogP contribution in [-0.2, 0) is 16.0 Å². The Morgan fingerprint density at radius 1 is 1.16 bits per heavy atom. The van der Waals surface area contributed by atoms with E-state index >= 15 is 0 Å². The Kier molecular flexibility index (Phi) is 12.8. The summed E-state index contributed by atoms with van der Waals surface area (Å²) in [6, 6.07) is 8.93. The van der Waals surface area contributed by atoms with Crippen LogP contribution in [0.15, 0.2) is 29.3 Å². The zero-order valence-electron chi connectivity index (χ0n) is 19.3. The molecule has 0 spiro atoms. The fraction of sp³-hybridized carbons (Fsp3) is 0.708. The van der Waals surface area contributed by atoms with Crippen LogP contribution < -0.4 is 10.6 Å². The highest BCUT2D eigenvalue weighted by Gasteiger charge is 2.19. The van der Waals surface area contributed by atoms with Gasteiger partial charge in [-0.05, 0) is 64.1 Å². The molecule has 2 N–H and O–H groups in total. The van der Waals surface area contributed by atoms with Crippen LogP contribution in [0.3, 0.4) is 0 Å². The summed E-state index contributed by atoms with van der Waals surface area (Å²) < 4.78 is 11.2. The van der Waals surface area contributed by atoms with Crippen molar-refractivity contribution in [2.24, 2.45) is 10.9 Å². The molecule has 1 atom stereocenters. The van der Waals surface area contributed by atoms with E-state index in [4.69, 9.17) is 14.5 Å². The van der Waals surface area contributed by atoms with Gasteiger partial charge in [0.05, 0.1) is 12.7 Å². The number of halogens is 1. The van der Waals surface area contributed by atoms with Crippen LogP contribution in [0.1, 0.15) is 43.7 Å². The molecule has 1 unspecified atom stereocenters. The standard InChI is InChI=1S/C24H40N4O2.HI/c1-3-25-24(26-12-4-15-30-23-11-16-29-19-23)27-17-21-9-13-28(14-10-21)18-22-7-5-20(2)6-8-22;/h5-8,21,23H,3-4,9-19H2,1-2H3,(H2,25,26,27);1H. The molecule has 0 aliphatic carbocycles. The Labute approximate surface area is 205 Å². The maximum Gasteiger partial charge on any atom is 0.191 e. The number of aliphatic imine (C=N–C) groups is 1. The smallest absolute Gasteiger partial charge is 0.191 e. The number of aryl methyl sites for hydroxylation is 1. The number of benzene rings is 1. The highest BCUT2D eigenvalue weighted by molar-refractivity contribution is 14.0. The zero-order chi connectivity index (χ0) is 21.0. The maximum absolute atomic E-state index is 5.83. The summed E-state index contributed by atoms with van der Waals surface area (Å²) in [5.41, 5.74) is 2.75. The lowest BCUT2D eigenvalue weighted by molar-refractivity contribution is 0.0420. The average Bonchev–Trinajstić information content (AvgIpc) is 3.28. The van der Waals surface area contributed by atoms with Gasteiger partial charge in [0.25, 0.3) is 0 Å². The Morgan fingerprint density at radius 3 is 2.61 bits per heavy atom. The van der Waals surface area contributed by atoms with Crippen molar-refractivity contribution in [3.05, 3.63) is 35.4 Å². The molecular formula is C24H41IN4O2. The van der Waals surface area contributed by atoms with E-state index < -0.39 is 0 Å². The number of nitrogens with zero attached hydrogens (tertiary/aromatic N) is 2. The van der Waals surface area contributed by atoms with Crippen LogP contribution in [-0.4, -0.2) is 69.5 Å². The predicted molar refractivity (Wildman–Crippen MR) is 138 cm³/mol. The topological polar surface area (TPSA) is 58.1 Å². The number of nitrogens with one attached hydrogen (secondary N) is 2. The van der Waals surface area contributed by atoms with E-state index in [9.17, 15) is 0 Å². The maximum atomic E-state index is 5.83. The first-order chi connectivity index (χ1) is 14.7. The summed E-state index contributed by atoms with van der Waals surface area (Å²) in [5, 5.41) is 6.82. The molecule has 0 saturated carbocycles. The van der Waals surface area contributed by atoms with Crippen LogP contribution >= 0.6 is 24.0 Å². The molecule has 2 heterocycles. The van der Waals surface area contributed by atoms with Gasteiger partial charge in [-0.2, -0.15) is 0 Å². The minimum Gasteiger partial charge on any atom is -0.379 e. The average molecular weight is 545 g/mol. The largest absolute Gasteiger partial charge is 0.379 e. The van der Waals surface area contributed by atoms with Crippen molar-refractivity contribution in [1.82, 2.24) is 15.5 Å². The van der Waals surface area contributed by atoms with Crippen molar-refractivity contribution in [3.8, 4) is 0 Å². The SMILES string of the molecule is CCNC(=NCC1CCN(Cc2ccc(C)cc2)CC1)NCCCOC1CCOC1.I. The highest BCUT2D eigenvalue weighted by atomic mass is 127. The van der Waals surface area contributed by atoms with Crippen molar-refractivity contribution in [2.75, 3.05) is 52.5 Å². The Hall–Kier alpha value is -0.900. The molecule has 0 amide bonds. The number of guanidine groups is 1. The van der Waals surface area contributed by atoms with Gasteiger partial charge in [-0.1, -0.05) is 29.8 Å². The number of hydrogen-bond donors (Lipinski definition) is 2. The quantitative estimate of drug-likeness (QED) is 0.204. The van der Waals surface area contributed by atoms with Crippen molar-refractivity contribution in [2.45, 2.75) is 52.2 Å². The van der Waals surface area contributed by atoms with Crippen LogP contribution in [0.2, 0.25) is 0 Å².